The van der Waals surface area contributed by atoms with Crippen LogP contribution in [0.5, 0.6) is 5.75 Å². The van der Waals surface area contributed by atoms with Gasteiger partial charge >= 0.3 is 0 Å². The fraction of sp³-hybridized carbons (Fsp3) is 0.417. The quantitative estimate of drug-likeness (QED) is 0.865. The number of hydrogen-bond acceptors (Lipinski definition) is 2. The summed E-state index contributed by atoms with van der Waals surface area (Å²) in [6.45, 7) is 4.15. The van der Waals surface area contributed by atoms with Gasteiger partial charge in [0.05, 0.1) is 6.10 Å². The highest BCUT2D eigenvalue weighted by Crippen LogP contribution is 2.16. The highest BCUT2D eigenvalue weighted by molar-refractivity contribution is 5.93. The highest BCUT2D eigenvalue weighted by atomic mass is 35.5. The second kappa shape index (κ2) is 7.12. The molecule has 0 aliphatic carbocycles. The molecule has 0 saturated heterocycles. The average molecular weight is 244 g/mol. The Morgan fingerprint density at radius 3 is 2.50 bits per heavy atom. The van der Waals surface area contributed by atoms with Crippen LogP contribution >= 0.6 is 12.4 Å². The standard InChI is InChI=1S/C12H17NO2.ClH/c1-3-10(4-2)15-11-7-5-6-9(8-11)12(13)14;/h5-8,10H,3-4H2,1-2H3,(H2,13,14);1H. The molecule has 1 aromatic rings. The number of primary amides is 1. The number of halogens is 1. The van der Waals surface area contributed by atoms with E-state index in [0.717, 1.165) is 12.8 Å². The average Bonchev–Trinajstić information content (AvgIpc) is 2.26. The van der Waals surface area contributed by atoms with Crippen LogP contribution in [0.25, 0.3) is 0 Å². The first-order valence-electron chi connectivity index (χ1n) is 5.23. The normalized spacial score (nSPS) is 9.69. The summed E-state index contributed by atoms with van der Waals surface area (Å²) < 4.78 is 5.70. The Morgan fingerprint density at radius 1 is 1.38 bits per heavy atom. The zero-order valence-electron chi connectivity index (χ0n) is 9.60. The number of amides is 1. The smallest absolute Gasteiger partial charge is 0.248 e. The molecule has 0 aromatic heterocycles. The van der Waals surface area contributed by atoms with Gasteiger partial charge in [0, 0.05) is 5.56 Å². The van der Waals surface area contributed by atoms with E-state index in [-0.39, 0.29) is 18.5 Å². The molecule has 0 aliphatic rings. The Kier molecular flexibility index (Phi) is 6.58. The van der Waals surface area contributed by atoms with Crippen LogP contribution in [0.1, 0.15) is 37.0 Å². The number of ether oxygens (including phenoxy) is 1. The molecule has 1 amide bonds. The summed E-state index contributed by atoms with van der Waals surface area (Å²) in [5, 5.41) is 0. The maximum Gasteiger partial charge on any atom is 0.248 e. The van der Waals surface area contributed by atoms with Crippen LogP contribution in [0.4, 0.5) is 0 Å². The summed E-state index contributed by atoms with van der Waals surface area (Å²) in [4.78, 5) is 10.9. The van der Waals surface area contributed by atoms with Crippen LogP contribution in [0.2, 0.25) is 0 Å². The minimum atomic E-state index is -0.426. The van der Waals surface area contributed by atoms with E-state index >= 15 is 0 Å². The monoisotopic (exact) mass is 243 g/mol. The third kappa shape index (κ3) is 4.11. The lowest BCUT2D eigenvalue weighted by molar-refractivity contribution is 0.0999. The summed E-state index contributed by atoms with van der Waals surface area (Å²) in [7, 11) is 0. The molecular weight excluding hydrogens is 226 g/mol. The fourth-order valence-electron chi connectivity index (χ4n) is 1.37. The Hall–Kier alpha value is -1.22. The van der Waals surface area contributed by atoms with Crippen molar-refractivity contribution < 1.29 is 9.53 Å². The zero-order valence-corrected chi connectivity index (χ0v) is 10.4. The van der Waals surface area contributed by atoms with Crippen LogP contribution in [-0.4, -0.2) is 12.0 Å². The number of rotatable bonds is 5. The van der Waals surface area contributed by atoms with Crippen LogP contribution in [0.3, 0.4) is 0 Å². The van der Waals surface area contributed by atoms with Gasteiger partial charge in [0.1, 0.15) is 5.75 Å². The van der Waals surface area contributed by atoms with Crippen molar-refractivity contribution in [3.05, 3.63) is 29.8 Å². The van der Waals surface area contributed by atoms with Crippen molar-refractivity contribution in [3.63, 3.8) is 0 Å². The molecule has 0 radical (unpaired) electrons. The van der Waals surface area contributed by atoms with E-state index in [1.54, 1.807) is 18.2 Å². The first-order valence-corrected chi connectivity index (χ1v) is 5.23. The Bertz CT molecular complexity index is 338. The van der Waals surface area contributed by atoms with Crippen molar-refractivity contribution in [1.29, 1.82) is 0 Å². The van der Waals surface area contributed by atoms with Gasteiger partial charge < -0.3 is 10.5 Å². The molecule has 0 fully saturated rings. The summed E-state index contributed by atoms with van der Waals surface area (Å²) in [5.41, 5.74) is 5.67. The maximum atomic E-state index is 10.9. The summed E-state index contributed by atoms with van der Waals surface area (Å²) >= 11 is 0. The summed E-state index contributed by atoms with van der Waals surface area (Å²) in [5.74, 6) is 0.282. The Balaban J connectivity index is 0.00000225. The largest absolute Gasteiger partial charge is 0.490 e. The van der Waals surface area contributed by atoms with Crippen molar-refractivity contribution in [1.82, 2.24) is 0 Å². The van der Waals surface area contributed by atoms with Crippen molar-refractivity contribution in [2.75, 3.05) is 0 Å². The molecule has 2 N–H and O–H groups in total. The lowest BCUT2D eigenvalue weighted by Gasteiger charge is -2.15. The first kappa shape index (κ1) is 14.8. The molecule has 0 atom stereocenters. The molecule has 1 rings (SSSR count). The van der Waals surface area contributed by atoms with Crippen LogP contribution in [0, 0.1) is 0 Å². The van der Waals surface area contributed by atoms with Crippen LogP contribution in [0.15, 0.2) is 24.3 Å². The molecule has 0 unspecified atom stereocenters. The third-order valence-electron chi connectivity index (χ3n) is 2.33. The van der Waals surface area contributed by atoms with Gasteiger partial charge in [0.2, 0.25) is 5.91 Å². The first-order chi connectivity index (χ1) is 7.17. The number of nitrogens with two attached hydrogens (primary N) is 1. The number of benzene rings is 1. The molecule has 4 heteroatoms. The van der Waals surface area contributed by atoms with Gasteiger partial charge in [-0.15, -0.1) is 12.4 Å². The second-order valence-electron chi connectivity index (χ2n) is 3.45. The van der Waals surface area contributed by atoms with E-state index in [1.807, 2.05) is 6.07 Å². The molecular formula is C12H18ClNO2. The van der Waals surface area contributed by atoms with Gasteiger partial charge in [-0.05, 0) is 31.0 Å². The zero-order chi connectivity index (χ0) is 11.3. The second-order valence-corrected chi connectivity index (χ2v) is 3.45. The Labute approximate surface area is 102 Å². The SMILES string of the molecule is CCC(CC)Oc1cccc(C(N)=O)c1.Cl. The van der Waals surface area contributed by atoms with Crippen LogP contribution in [-0.2, 0) is 0 Å². The molecule has 1 aromatic carbocycles. The third-order valence-corrected chi connectivity index (χ3v) is 2.33. The molecule has 16 heavy (non-hydrogen) atoms. The van der Waals surface area contributed by atoms with Gasteiger partial charge in [-0.3, -0.25) is 4.79 Å². The van der Waals surface area contributed by atoms with Crippen molar-refractivity contribution in [2.24, 2.45) is 5.73 Å². The van der Waals surface area contributed by atoms with Crippen molar-refractivity contribution in [2.45, 2.75) is 32.8 Å². The topological polar surface area (TPSA) is 52.3 Å². The molecule has 3 nitrogen and oxygen atoms in total. The summed E-state index contributed by atoms with van der Waals surface area (Å²) in [6, 6.07) is 6.98. The molecule has 90 valence electrons. The number of carbonyl (C=O) groups is 1. The minimum Gasteiger partial charge on any atom is -0.490 e. The van der Waals surface area contributed by atoms with E-state index in [0.29, 0.717) is 11.3 Å². The van der Waals surface area contributed by atoms with E-state index in [2.05, 4.69) is 13.8 Å². The summed E-state index contributed by atoms with van der Waals surface area (Å²) in [6.07, 6.45) is 2.11. The maximum absolute atomic E-state index is 10.9. The van der Waals surface area contributed by atoms with E-state index < -0.39 is 5.91 Å². The van der Waals surface area contributed by atoms with Gasteiger partial charge in [-0.2, -0.15) is 0 Å². The molecule has 0 aliphatic heterocycles. The lowest BCUT2D eigenvalue weighted by Crippen LogP contribution is -2.15. The van der Waals surface area contributed by atoms with E-state index in [9.17, 15) is 4.79 Å². The van der Waals surface area contributed by atoms with Gasteiger partial charge in [-0.1, -0.05) is 19.9 Å². The number of hydrogen-bond donors (Lipinski definition) is 1. The van der Waals surface area contributed by atoms with Gasteiger partial charge in [0.15, 0.2) is 0 Å². The van der Waals surface area contributed by atoms with E-state index in [1.165, 1.54) is 0 Å². The number of carbonyl (C=O) groups excluding carboxylic acids is 1. The molecule has 0 spiro atoms. The molecule has 0 bridgehead atoms. The van der Waals surface area contributed by atoms with Crippen molar-refractivity contribution in [3.8, 4) is 5.75 Å². The van der Waals surface area contributed by atoms with Gasteiger partial charge in [0.25, 0.3) is 0 Å². The predicted octanol–water partition coefficient (Wildman–Crippen LogP) is 2.77. The van der Waals surface area contributed by atoms with Crippen LogP contribution < -0.4 is 10.5 Å². The van der Waals surface area contributed by atoms with E-state index in [4.69, 9.17) is 10.5 Å². The predicted molar refractivity (Wildman–Crippen MR) is 67.2 cm³/mol. The molecule has 0 heterocycles. The van der Waals surface area contributed by atoms with Crippen molar-refractivity contribution >= 4 is 18.3 Å². The molecule has 0 saturated carbocycles. The highest BCUT2D eigenvalue weighted by Gasteiger charge is 2.06. The Morgan fingerprint density at radius 2 is 2.00 bits per heavy atom. The minimum absolute atomic E-state index is 0. The fourth-order valence-corrected chi connectivity index (χ4v) is 1.37. The lowest BCUT2D eigenvalue weighted by atomic mass is 10.2. The van der Waals surface area contributed by atoms with Gasteiger partial charge in [-0.25, -0.2) is 0 Å².